The zero-order chi connectivity index (χ0) is 15.4. The normalized spacial score (nSPS) is 10.2. The number of hydrogen-bond donors (Lipinski definition) is 1. The highest BCUT2D eigenvalue weighted by molar-refractivity contribution is 6.06. The smallest absolute Gasteiger partial charge is 0.256 e. The van der Waals surface area contributed by atoms with Crippen LogP contribution in [-0.2, 0) is 0 Å². The second-order valence-electron chi connectivity index (χ2n) is 4.81. The van der Waals surface area contributed by atoms with Crippen molar-refractivity contribution >= 4 is 11.6 Å². The van der Waals surface area contributed by atoms with Crippen LogP contribution in [0, 0.1) is 5.21 Å². The lowest BCUT2D eigenvalue weighted by atomic mass is 10.0. The van der Waals surface area contributed by atoms with Gasteiger partial charge >= 0.3 is 0 Å². The van der Waals surface area contributed by atoms with Gasteiger partial charge < -0.3 is 10.5 Å². The van der Waals surface area contributed by atoms with E-state index in [0.29, 0.717) is 10.3 Å². The minimum atomic E-state index is -0.246. The maximum absolute atomic E-state index is 12.3. The number of amides is 1. The zero-order valence-electron chi connectivity index (χ0n) is 11.8. The van der Waals surface area contributed by atoms with Gasteiger partial charge in [-0.2, -0.15) is 4.73 Å². The molecule has 108 valence electrons. The van der Waals surface area contributed by atoms with E-state index in [0.717, 1.165) is 16.8 Å². The monoisotopic (exact) mass is 290 g/mol. The molecule has 0 saturated carbocycles. The van der Waals surface area contributed by atoms with Gasteiger partial charge in [-0.3, -0.25) is 4.79 Å². The summed E-state index contributed by atoms with van der Waals surface area (Å²) in [5.41, 5.74) is 3.16. The number of para-hydroxylation sites is 1. The fourth-order valence-electron chi connectivity index (χ4n) is 2.22. The highest BCUT2D eigenvalue weighted by Gasteiger charge is 2.10. The number of carbonyl (C=O) groups excluding carboxylic acids is 1. The number of benzene rings is 2. The van der Waals surface area contributed by atoms with Crippen LogP contribution in [0.5, 0.6) is 0 Å². The summed E-state index contributed by atoms with van der Waals surface area (Å²) in [6.45, 7) is 0. The van der Waals surface area contributed by atoms with Crippen LogP contribution in [-0.4, -0.2) is 5.91 Å². The molecule has 0 radical (unpaired) electrons. The molecule has 3 rings (SSSR count). The van der Waals surface area contributed by atoms with Crippen LogP contribution >= 0.6 is 0 Å². The summed E-state index contributed by atoms with van der Waals surface area (Å²) in [6.07, 6.45) is 2.61. The quantitative estimate of drug-likeness (QED) is 0.594. The molecule has 3 aromatic rings. The molecule has 1 amide bonds. The molecule has 0 unspecified atom stereocenters. The number of nitrogens with one attached hydrogen (secondary N) is 1. The molecule has 4 nitrogen and oxygen atoms in total. The van der Waals surface area contributed by atoms with E-state index in [1.165, 1.54) is 24.5 Å². The second-order valence-corrected chi connectivity index (χ2v) is 4.81. The lowest BCUT2D eigenvalue weighted by Gasteiger charge is -2.11. The Kier molecular flexibility index (Phi) is 3.83. The van der Waals surface area contributed by atoms with Crippen molar-refractivity contribution in [3.63, 3.8) is 0 Å². The van der Waals surface area contributed by atoms with Crippen LogP contribution in [0.25, 0.3) is 11.1 Å². The molecule has 1 aromatic heterocycles. The van der Waals surface area contributed by atoms with Gasteiger partial charge in [0.1, 0.15) is 0 Å². The molecule has 1 N–H and O–H groups in total. The number of aromatic nitrogens is 1. The first-order valence-corrected chi connectivity index (χ1v) is 6.89. The van der Waals surface area contributed by atoms with Gasteiger partial charge in [0.25, 0.3) is 5.91 Å². The van der Waals surface area contributed by atoms with Crippen molar-refractivity contribution in [3.8, 4) is 11.1 Å². The van der Waals surface area contributed by atoms with Crippen molar-refractivity contribution < 1.29 is 9.52 Å². The number of pyridine rings is 1. The van der Waals surface area contributed by atoms with Crippen LogP contribution in [0.1, 0.15) is 10.4 Å². The Morgan fingerprint density at radius 2 is 1.50 bits per heavy atom. The largest absolute Gasteiger partial charge is 0.619 e. The van der Waals surface area contributed by atoms with E-state index in [9.17, 15) is 10.0 Å². The summed E-state index contributed by atoms with van der Waals surface area (Å²) in [6, 6.07) is 20.5. The van der Waals surface area contributed by atoms with Crippen molar-refractivity contribution in [2.75, 3.05) is 5.32 Å². The van der Waals surface area contributed by atoms with Gasteiger partial charge in [-0.25, -0.2) is 0 Å². The molecule has 0 atom stereocenters. The molecule has 4 heteroatoms. The van der Waals surface area contributed by atoms with E-state index in [-0.39, 0.29) is 5.91 Å². The zero-order valence-corrected chi connectivity index (χ0v) is 11.8. The Hall–Kier alpha value is -3.14. The fraction of sp³-hybridized carbons (Fsp3) is 0. The van der Waals surface area contributed by atoms with E-state index in [1.807, 2.05) is 54.6 Å². The van der Waals surface area contributed by atoms with Crippen LogP contribution in [0.15, 0.2) is 79.1 Å². The van der Waals surface area contributed by atoms with Gasteiger partial charge in [0.2, 0.25) is 0 Å². The topological polar surface area (TPSA) is 56.0 Å². The Morgan fingerprint density at radius 3 is 2.23 bits per heavy atom. The highest BCUT2D eigenvalue weighted by Crippen LogP contribution is 2.27. The lowest BCUT2D eigenvalue weighted by Crippen LogP contribution is -2.25. The summed E-state index contributed by atoms with van der Waals surface area (Å²) >= 11 is 0. The molecule has 0 bridgehead atoms. The summed E-state index contributed by atoms with van der Waals surface area (Å²) in [7, 11) is 0. The van der Waals surface area contributed by atoms with Crippen LogP contribution in [0.4, 0.5) is 5.69 Å². The van der Waals surface area contributed by atoms with Gasteiger partial charge in [-0.1, -0.05) is 48.5 Å². The Morgan fingerprint density at radius 1 is 0.864 bits per heavy atom. The fourth-order valence-corrected chi connectivity index (χ4v) is 2.22. The van der Waals surface area contributed by atoms with E-state index in [1.54, 1.807) is 0 Å². The van der Waals surface area contributed by atoms with Crippen molar-refractivity contribution in [3.05, 3.63) is 89.9 Å². The van der Waals surface area contributed by atoms with E-state index in [2.05, 4.69) is 5.32 Å². The Labute approximate surface area is 128 Å². The van der Waals surface area contributed by atoms with Crippen molar-refractivity contribution in [1.82, 2.24) is 0 Å². The molecule has 0 aliphatic rings. The van der Waals surface area contributed by atoms with Crippen LogP contribution < -0.4 is 10.0 Å². The van der Waals surface area contributed by atoms with Gasteiger partial charge in [0.05, 0.1) is 5.56 Å². The highest BCUT2D eigenvalue weighted by atomic mass is 16.5. The van der Waals surface area contributed by atoms with Crippen molar-refractivity contribution in [2.45, 2.75) is 0 Å². The average molecular weight is 290 g/mol. The van der Waals surface area contributed by atoms with E-state index >= 15 is 0 Å². The maximum Gasteiger partial charge on any atom is 0.256 e. The van der Waals surface area contributed by atoms with Gasteiger partial charge in [-0.15, -0.1) is 0 Å². The molecule has 0 saturated heterocycles. The number of anilines is 1. The predicted molar refractivity (Wildman–Crippen MR) is 85.2 cm³/mol. The Balaban J connectivity index is 1.90. The Bertz CT molecular complexity index is 784. The number of nitrogens with zero attached hydrogens (tertiary/aromatic N) is 1. The summed E-state index contributed by atoms with van der Waals surface area (Å²) < 4.78 is 0.648. The third kappa shape index (κ3) is 2.96. The summed E-state index contributed by atoms with van der Waals surface area (Å²) in [4.78, 5) is 12.3. The summed E-state index contributed by atoms with van der Waals surface area (Å²) in [5.74, 6) is -0.246. The maximum atomic E-state index is 12.3. The first kappa shape index (κ1) is 13.8. The lowest BCUT2D eigenvalue weighted by molar-refractivity contribution is -0.605. The minimum absolute atomic E-state index is 0.246. The third-order valence-electron chi connectivity index (χ3n) is 3.32. The van der Waals surface area contributed by atoms with Gasteiger partial charge in [-0.05, 0) is 11.6 Å². The SMILES string of the molecule is O=C(Nc1ccccc1-c1ccccc1)c1cc[n+]([O-])cc1. The van der Waals surface area contributed by atoms with E-state index < -0.39 is 0 Å². The standard InChI is InChI=1S/C18H14N2O2/c21-18(15-10-12-20(22)13-11-15)19-17-9-5-4-8-16(17)14-6-2-1-3-7-14/h1-13H,(H,19,21). The molecule has 0 fully saturated rings. The minimum Gasteiger partial charge on any atom is -0.619 e. The molecular weight excluding hydrogens is 276 g/mol. The molecule has 0 aliphatic heterocycles. The van der Waals surface area contributed by atoms with Crippen LogP contribution in [0.2, 0.25) is 0 Å². The van der Waals surface area contributed by atoms with Crippen molar-refractivity contribution in [2.24, 2.45) is 0 Å². The molecule has 0 spiro atoms. The molecular formula is C18H14N2O2. The first-order chi connectivity index (χ1) is 10.7. The number of carbonyl (C=O) groups is 1. The predicted octanol–water partition coefficient (Wildman–Crippen LogP) is 3.24. The second kappa shape index (κ2) is 6.10. The van der Waals surface area contributed by atoms with E-state index in [4.69, 9.17) is 0 Å². The number of rotatable bonds is 3. The number of hydrogen-bond acceptors (Lipinski definition) is 2. The molecule has 2 aromatic carbocycles. The van der Waals surface area contributed by atoms with Gasteiger partial charge in [0.15, 0.2) is 12.4 Å². The molecule has 0 aliphatic carbocycles. The third-order valence-corrected chi connectivity index (χ3v) is 3.32. The molecule has 1 heterocycles. The van der Waals surface area contributed by atoms with Gasteiger partial charge in [0, 0.05) is 23.4 Å². The molecule has 22 heavy (non-hydrogen) atoms. The van der Waals surface area contributed by atoms with Crippen molar-refractivity contribution in [1.29, 1.82) is 0 Å². The first-order valence-electron chi connectivity index (χ1n) is 6.89. The summed E-state index contributed by atoms with van der Waals surface area (Å²) in [5, 5.41) is 13.9. The average Bonchev–Trinajstić information content (AvgIpc) is 2.57. The van der Waals surface area contributed by atoms with Crippen LogP contribution in [0.3, 0.4) is 0 Å².